The number of hydrogen-bond acceptors (Lipinski definition) is 3. The lowest BCUT2D eigenvalue weighted by Gasteiger charge is -2.15. The molecule has 2 N–H and O–H groups in total. The molecule has 108 valence electrons. The van der Waals surface area contributed by atoms with Crippen LogP contribution in [0, 0.1) is 0 Å². The quantitative estimate of drug-likeness (QED) is 0.835. The van der Waals surface area contributed by atoms with Gasteiger partial charge in [-0.05, 0) is 12.1 Å². The SMILES string of the molecule is C=CCOC(=O)Nc1c(C(=O)O)cccc1C(F)(F)F. The van der Waals surface area contributed by atoms with E-state index in [1.807, 2.05) is 0 Å². The Balaban J connectivity index is 3.22. The first kappa shape index (κ1) is 15.5. The van der Waals surface area contributed by atoms with E-state index < -0.39 is 35.1 Å². The van der Waals surface area contributed by atoms with Crippen molar-refractivity contribution >= 4 is 17.7 Å². The van der Waals surface area contributed by atoms with Gasteiger partial charge in [0.1, 0.15) is 6.61 Å². The molecule has 0 radical (unpaired) electrons. The monoisotopic (exact) mass is 289 g/mol. The number of para-hydroxylation sites is 1. The molecule has 20 heavy (non-hydrogen) atoms. The highest BCUT2D eigenvalue weighted by atomic mass is 19.4. The van der Waals surface area contributed by atoms with Crippen LogP contribution in [-0.2, 0) is 10.9 Å². The van der Waals surface area contributed by atoms with Crippen LogP contribution in [-0.4, -0.2) is 23.8 Å². The van der Waals surface area contributed by atoms with Crippen LogP contribution in [0.1, 0.15) is 15.9 Å². The summed E-state index contributed by atoms with van der Waals surface area (Å²) in [5.74, 6) is -1.60. The molecule has 0 saturated heterocycles. The fourth-order valence-electron chi connectivity index (χ4n) is 1.37. The van der Waals surface area contributed by atoms with Gasteiger partial charge in [-0.1, -0.05) is 18.7 Å². The van der Waals surface area contributed by atoms with Crippen molar-refractivity contribution < 1.29 is 32.6 Å². The fraction of sp³-hybridized carbons (Fsp3) is 0.167. The molecule has 1 amide bonds. The number of anilines is 1. The molecule has 0 aliphatic heterocycles. The summed E-state index contributed by atoms with van der Waals surface area (Å²) in [7, 11) is 0. The van der Waals surface area contributed by atoms with Gasteiger partial charge in [0.15, 0.2) is 0 Å². The van der Waals surface area contributed by atoms with E-state index >= 15 is 0 Å². The van der Waals surface area contributed by atoms with E-state index in [9.17, 15) is 22.8 Å². The number of rotatable bonds is 4. The third kappa shape index (κ3) is 3.74. The van der Waals surface area contributed by atoms with E-state index in [-0.39, 0.29) is 6.61 Å². The number of hydrogen-bond donors (Lipinski definition) is 2. The molecule has 0 bridgehead atoms. The maximum atomic E-state index is 12.8. The van der Waals surface area contributed by atoms with E-state index in [0.717, 1.165) is 12.1 Å². The number of ether oxygens (including phenoxy) is 1. The Bertz CT molecular complexity index is 540. The minimum atomic E-state index is -4.81. The van der Waals surface area contributed by atoms with Crippen LogP contribution in [0.25, 0.3) is 0 Å². The first-order valence-electron chi connectivity index (χ1n) is 5.25. The normalized spacial score (nSPS) is 10.8. The number of aromatic carboxylic acids is 1. The summed E-state index contributed by atoms with van der Waals surface area (Å²) in [5.41, 5.74) is -2.81. The lowest BCUT2D eigenvalue weighted by molar-refractivity contribution is -0.136. The van der Waals surface area contributed by atoms with Crippen molar-refractivity contribution in [1.29, 1.82) is 0 Å². The van der Waals surface area contributed by atoms with Crippen LogP contribution in [0.15, 0.2) is 30.9 Å². The van der Waals surface area contributed by atoms with Crippen LogP contribution in [0.2, 0.25) is 0 Å². The Hall–Kier alpha value is -2.51. The molecular formula is C12H10F3NO4. The van der Waals surface area contributed by atoms with Gasteiger partial charge in [0.25, 0.3) is 0 Å². The molecule has 0 unspecified atom stereocenters. The van der Waals surface area contributed by atoms with Crippen molar-refractivity contribution in [2.24, 2.45) is 0 Å². The zero-order valence-electron chi connectivity index (χ0n) is 10.0. The summed E-state index contributed by atoms with van der Waals surface area (Å²) in [5, 5.41) is 10.7. The second kappa shape index (κ2) is 6.09. The number of carboxylic acid groups (broad SMARTS) is 1. The van der Waals surface area contributed by atoms with E-state index in [2.05, 4.69) is 11.3 Å². The summed E-state index contributed by atoms with van der Waals surface area (Å²) < 4.78 is 42.8. The molecule has 8 heteroatoms. The Morgan fingerprint density at radius 2 is 2.05 bits per heavy atom. The van der Waals surface area contributed by atoms with E-state index in [1.165, 1.54) is 6.08 Å². The second-order valence-corrected chi connectivity index (χ2v) is 3.54. The van der Waals surface area contributed by atoms with Crippen molar-refractivity contribution in [3.05, 3.63) is 42.0 Å². The average molecular weight is 289 g/mol. The van der Waals surface area contributed by atoms with Crippen LogP contribution >= 0.6 is 0 Å². The minimum absolute atomic E-state index is 0.220. The predicted octanol–water partition coefficient (Wildman–Crippen LogP) is 3.14. The van der Waals surface area contributed by atoms with Gasteiger partial charge in [0, 0.05) is 0 Å². The number of benzene rings is 1. The molecule has 1 aromatic rings. The zero-order chi connectivity index (χ0) is 15.3. The molecular weight excluding hydrogens is 279 g/mol. The third-order valence-corrected chi connectivity index (χ3v) is 2.16. The lowest BCUT2D eigenvalue weighted by Crippen LogP contribution is -2.20. The van der Waals surface area contributed by atoms with Crippen molar-refractivity contribution in [3.63, 3.8) is 0 Å². The molecule has 5 nitrogen and oxygen atoms in total. The van der Waals surface area contributed by atoms with Crippen molar-refractivity contribution in [2.75, 3.05) is 11.9 Å². The molecule has 0 spiro atoms. The minimum Gasteiger partial charge on any atom is -0.478 e. The van der Waals surface area contributed by atoms with Crippen LogP contribution in [0.4, 0.5) is 23.7 Å². The molecule has 0 fully saturated rings. The van der Waals surface area contributed by atoms with Gasteiger partial charge in [-0.15, -0.1) is 0 Å². The van der Waals surface area contributed by atoms with Gasteiger partial charge < -0.3 is 9.84 Å². The molecule has 0 aliphatic carbocycles. The Morgan fingerprint density at radius 3 is 2.55 bits per heavy atom. The van der Waals surface area contributed by atoms with E-state index in [4.69, 9.17) is 5.11 Å². The topological polar surface area (TPSA) is 75.6 Å². The molecule has 0 heterocycles. The van der Waals surface area contributed by atoms with Gasteiger partial charge in [-0.2, -0.15) is 13.2 Å². The third-order valence-electron chi connectivity index (χ3n) is 2.16. The number of carbonyl (C=O) groups excluding carboxylic acids is 1. The fourth-order valence-corrected chi connectivity index (χ4v) is 1.37. The van der Waals surface area contributed by atoms with Gasteiger partial charge in [-0.25, -0.2) is 9.59 Å². The summed E-state index contributed by atoms with van der Waals surface area (Å²) in [6.45, 7) is 3.04. The van der Waals surface area contributed by atoms with E-state index in [0.29, 0.717) is 6.07 Å². The predicted molar refractivity (Wildman–Crippen MR) is 63.6 cm³/mol. The standard InChI is InChI=1S/C12H10F3NO4/c1-2-6-20-11(19)16-9-7(10(17)18)4-3-5-8(9)12(13,14)15/h2-5H,1,6H2,(H,16,19)(H,17,18). The van der Waals surface area contributed by atoms with Crippen molar-refractivity contribution in [1.82, 2.24) is 0 Å². The lowest BCUT2D eigenvalue weighted by atomic mass is 10.1. The summed E-state index contributed by atoms with van der Waals surface area (Å²) >= 11 is 0. The van der Waals surface area contributed by atoms with Gasteiger partial charge in [0.2, 0.25) is 0 Å². The first-order chi connectivity index (χ1) is 9.27. The summed E-state index contributed by atoms with van der Waals surface area (Å²) in [6.07, 6.45) is -4.80. The second-order valence-electron chi connectivity index (χ2n) is 3.54. The molecule has 0 atom stereocenters. The smallest absolute Gasteiger partial charge is 0.418 e. The van der Waals surface area contributed by atoms with Crippen LogP contribution in [0.3, 0.4) is 0 Å². The number of carbonyl (C=O) groups is 2. The molecule has 0 aliphatic rings. The maximum Gasteiger partial charge on any atom is 0.418 e. The molecule has 0 saturated carbocycles. The Labute approximate surface area is 111 Å². The highest BCUT2D eigenvalue weighted by Crippen LogP contribution is 2.36. The molecule has 0 aromatic heterocycles. The van der Waals surface area contributed by atoms with Crippen molar-refractivity contribution in [2.45, 2.75) is 6.18 Å². The highest BCUT2D eigenvalue weighted by Gasteiger charge is 2.36. The van der Waals surface area contributed by atoms with Crippen molar-refractivity contribution in [3.8, 4) is 0 Å². The number of nitrogens with one attached hydrogen (secondary N) is 1. The first-order valence-corrected chi connectivity index (χ1v) is 5.25. The molecule has 1 aromatic carbocycles. The number of carboxylic acids is 1. The number of halogens is 3. The largest absolute Gasteiger partial charge is 0.478 e. The zero-order valence-corrected chi connectivity index (χ0v) is 10.0. The highest BCUT2D eigenvalue weighted by molar-refractivity contribution is 5.99. The van der Waals surface area contributed by atoms with Gasteiger partial charge in [0.05, 0.1) is 16.8 Å². The summed E-state index contributed by atoms with van der Waals surface area (Å²) in [6, 6.07) is 2.54. The number of alkyl halides is 3. The van der Waals surface area contributed by atoms with Gasteiger partial charge in [-0.3, -0.25) is 5.32 Å². The Kier molecular flexibility index (Phi) is 4.73. The average Bonchev–Trinajstić information content (AvgIpc) is 2.35. The van der Waals surface area contributed by atoms with Crippen LogP contribution in [0.5, 0.6) is 0 Å². The summed E-state index contributed by atoms with van der Waals surface area (Å²) in [4.78, 5) is 22.2. The van der Waals surface area contributed by atoms with Crippen LogP contribution < -0.4 is 5.32 Å². The molecule has 1 rings (SSSR count). The Morgan fingerprint density at radius 1 is 1.40 bits per heavy atom. The number of amides is 1. The van der Waals surface area contributed by atoms with Gasteiger partial charge >= 0.3 is 18.2 Å². The van der Waals surface area contributed by atoms with E-state index in [1.54, 1.807) is 5.32 Å². The maximum absolute atomic E-state index is 12.8.